The van der Waals surface area contributed by atoms with Gasteiger partial charge in [-0.3, -0.25) is 14.7 Å². The lowest BCUT2D eigenvalue weighted by Gasteiger charge is -2.35. The molecule has 0 bridgehead atoms. The molecule has 0 saturated heterocycles. The number of aromatic nitrogens is 1. The summed E-state index contributed by atoms with van der Waals surface area (Å²) < 4.78 is 14.8. The van der Waals surface area contributed by atoms with Gasteiger partial charge in [-0.05, 0) is 49.4 Å². The molecule has 1 aliphatic carbocycles. The standard InChI is InChI=1S/C22H27FN4O3/c1-24-21(29)19-10-4-15(13-25-19)14-5-11-20(18(23)12-14)27(3)22(30)26(2)16-6-8-17(28)9-7-16/h4-5,10-13,16-17,28H,6-9H2,1-3H3,(H,24,29)/t16-,17+. The Morgan fingerprint density at radius 2 is 1.77 bits per heavy atom. The molecule has 2 aromatic rings. The number of carbonyl (C=O) groups is 2. The Hall–Kier alpha value is -3.00. The number of aliphatic hydroxyl groups is 1. The van der Waals surface area contributed by atoms with Crippen molar-refractivity contribution in [3.8, 4) is 11.1 Å². The summed E-state index contributed by atoms with van der Waals surface area (Å²) in [5.74, 6) is -0.814. The minimum Gasteiger partial charge on any atom is -0.393 e. The van der Waals surface area contributed by atoms with Gasteiger partial charge in [-0.1, -0.05) is 12.1 Å². The molecule has 160 valence electrons. The van der Waals surface area contributed by atoms with Gasteiger partial charge >= 0.3 is 6.03 Å². The van der Waals surface area contributed by atoms with E-state index in [0.717, 1.165) is 12.8 Å². The Morgan fingerprint density at radius 1 is 1.10 bits per heavy atom. The van der Waals surface area contributed by atoms with E-state index in [1.807, 2.05) is 0 Å². The molecule has 1 heterocycles. The molecule has 7 nitrogen and oxygen atoms in total. The summed E-state index contributed by atoms with van der Waals surface area (Å²) in [6.45, 7) is 0. The zero-order valence-corrected chi connectivity index (χ0v) is 17.4. The average Bonchev–Trinajstić information content (AvgIpc) is 2.77. The van der Waals surface area contributed by atoms with Crippen molar-refractivity contribution >= 4 is 17.6 Å². The largest absolute Gasteiger partial charge is 0.393 e. The number of urea groups is 1. The summed E-state index contributed by atoms with van der Waals surface area (Å²) in [4.78, 5) is 31.5. The molecule has 0 spiro atoms. The highest BCUT2D eigenvalue weighted by atomic mass is 19.1. The molecular weight excluding hydrogens is 387 g/mol. The minimum atomic E-state index is -0.522. The number of nitrogens with one attached hydrogen (secondary N) is 1. The van der Waals surface area contributed by atoms with Gasteiger partial charge in [-0.2, -0.15) is 0 Å². The van der Waals surface area contributed by atoms with E-state index in [-0.39, 0.29) is 35.5 Å². The summed E-state index contributed by atoms with van der Waals surface area (Å²) in [6, 6.07) is 7.66. The van der Waals surface area contributed by atoms with Crippen molar-refractivity contribution in [3.05, 3.63) is 48.0 Å². The Balaban J connectivity index is 1.74. The van der Waals surface area contributed by atoms with Crippen LogP contribution in [0.15, 0.2) is 36.5 Å². The van der Waals surface area contributed by atoms with Crippen molar-refractivity contribution in [1.82, 2.24) is 15.2 Å². The van der Waals surface area contributed by atoms with Crippen LogP contribution in [0, 0.1) is 5.82 Å². The van der Waals surface area contributed by atoms with Crippen LogP contribution in [0.3, 0.4) is 0 Å². The summed E-state index contributed by atoms with van der Waals surface area (Å²) in [7, 11) is 4.79. The van der Waals surface area contributed by atoms with Crippen LogP contribution in [0.4, 0.5) is 14.9 Å². The number of amides is 3. The summed E-state index contributed by atoms with van der Waals surface area (Å²) in [5, 5.41) is 12.2. The van der Waals surface area contributed by atoms with E-state index >= 15 is 0 Å². The van der Waals surface area contributed by atoms with Crippen LogP contribution in [-0.4, -0.2) is 60.2 Å². The molecule has 0 atom stereocenters. The molecule has 1 aliphatic rings. The van der Waals surface area contributed by atoms with Crippen molar-refractivity contribution in [2.75, 3.05) is 26.0 Å². The van der Waals surface area contributed by atoms with E-state index in [9.17, 15) is 19.1 Å². The molecule has 3 amide bonds. The highest BCUT2D eigenvalue weighted by Crippen LogP contribution is 2.28. The van der Waals surface area contributed by atoms with Crippen LogP contribution in [0.1, 0.15) is 36.2 Å². The van der Waals surface area contributed by atoms with Gasteiger partial charge in [-0.15, -0.1) is 0 Å². The fourth-order valence-corrected chi connectivity index (χ4v) is 3.73. The van der Waals surface area contributed by atoms with Crippen LogP contribution in [-0.2, 0) is 0 Å². The number of hydrogen-bond donors (Lipinski definition) is 2. The molecule has 0 unspecified atom stereocenters. The van der Waals surface area contributed by atoms with Crippen LogP contribution in [0.5, 0.6) is 0 Å². The van der Waals surface area contributed by atoms with E-state index in [1.54, 1.807) is 43.3 Å². The first-order valence-corrected chi connectivity index (χ1v) is 9.98. The third kappa shape index (κ3) is 4.59. The second kappa shape index (κ2) is 9.21. The zero-order valence-electron chi connectivity index (χ0n) is 17.4. The van der Waals surface area contributed by atoms with Gasteiger partial charge in [0.2, 0.25) is 0 Å². The first-order chi connectivity index (χ1) is 14.3. The third-order valence-electron chi connectivity index (χ3n) is 5.67. The van der Waals surface area contributed by atoms with Gasteiger partial charge in [0.25, 0.3) is 5.91 Å². The maximum Gasteiger partial charge on any atom is 0.324 e. The predicted molar refractivity (Wildman–Crippen MR) is 113 cm³/mol. The SMILES string of the molecule is CNC(=O)c1ccc(-c2ccc(N(C)C(=O)N(C)[C@H]3CC[C@@H](O)CC3)c(F)c2)cn1. The summed E-state index contributed by atoms with van der Waals surface area (Å²) in [5.41, 5.74) is 1.73. The number of hydrogen-bond acceptors (Lipinski definition) is 4. The fraction of sp³-hybridized carbons (Fsp3) is 0.409. The molecule has 1 aromatic heterocycles. The normalized spacial score (nSPS) is 18.6. The quantitative estimate of drug-likeness (QED) is 0.805. The minimum absolute atomic E-state index is 0.0376. The van der Waals surface area contributed by atoms with E-state index in [4.69, 9.17) is 0 Å². The molecular formula is C22H27FN4O3. The number of rotatable bonds is 4. The van der Waals surface area contributed by atoms with E-state index in [2.05, 4.69) is 10.3 Å². The highest BCUT2D eigenvalue weighted by Gasteiger charge is 2.28. The number of halogens is 1. The molecule has 1 saturated carbocycles. The second-order valence-electron chi connectivity index (χ2n) is 7.59. The molecule has 8 heteroatoms. The van der Waals surface area contributed by atoms with Crippen molar-refractivity contribution in [1.29, 1.82) is 0 Å². The Kier molecular flexibility index (Phi) is 6.66. The lowest BCUT2D eigenvalue weighted by Crippen LogP contribution is -2.46. The number of benzene rings is 1. The smallest absolute Gasteiger partial charge is 0.324 e. The number of nitrogens with zero attached hydrogens (tertiary/aromatic N) is 3. The lowest BCUT2D eigenvalue weighted by atomic mass is 9.92. The number of carbonyl (C=O) groups excluding carboxylic acids is 2. The number of anilines is 1. The molecule has 2 N–H and O–H groups in total. The number of pyridine rings is 1. The Morgan fingerprint density at radius 3 is 2.33 bits per heavy atom. The highest BCUT2D eigenvalue weighted by molar-refractivity contribution is 5.93. The Labute approximate surface area is 175 Å². The average molecular weight is 414 g/mol. The second-order valence-corrected chi connectivity index (χ2v) is 7.59. The topological polar surface area (TPSA) is 85.8 Å². The molecule has 1 fully saturated rings. The monoisotopic (exact) mass is 414 g/mol. The van der Waals surface area contributed by atoms with Gasteiger partial charge in [0, 0.05) is 38.9 Å². The Bertz CT molecular complexity index is 911. The first kappa shape index (κ1) is 21.7. The molecule has 3 rings (SSSR count). The van der Waals surface area contributed by atoms with Crippen LogP contribution < -0.4 is 10.2 Å². The van der Waals surface area contributed by atoms with Crippen molar-refractivity contribution in [3.63, 3.8) is 0 Å². The van der Waals surface area contributed by atoms with Gasteiger partial charge in [-0.25, -0.2) is 9.18 Å². The van der Waals surface area contributed by atoms with Crippen LogP contribution in [0.25, 0.3) is 11.1 Å². The molecule has 0 radical (unpaired) electrons. The number of aliphatic hydroxyl groups excluding tert-OH is 1. The lowest BCUT2D eigenvalue weighted by molar-refractivity contribution is 0.0933. The van der Waals surface area contributed by atoms with E-state index in [1.165, 1.54) is 24.2 Å². The van der Waals surface area contributed by atoms with Crippen LogP contribution >= 0.6 is 0 Å². The first-order valence-electron chi connectivity index (χ1n) is 9.98. The predicted octanol–water partition coefficient (Wildman–Crippen LogP) is 3.04. The molecule has 0 aliphatic heterocycles. The summed E-state index contributed by atoms with van der Waals surface area (Å²) >= 11 is 0. The van der Waals surface area contributed by atoms with Gasteiger partial charge < -0.3 is 15.3 Å². The van der Waals surface area contributed by atoms with E-state index in [0.29, 0.717) is 24.0 Å². The third-order valence-corrected chi connectivity index (χ3v) is 5.67. The maximum atomic E-state index is 14.8. The maximum absolute atomic E-state index is 14.8. The van der Waals surface area contributed by atoms with E-state index < -0.39 is 5.82 Å². The zero-order chi connectivity index (χ0) is 21.8. The van der Waals surface area contributed by atoms with Crippen molar-refractivity contribution in [2.45, 2.75) is 37.8 Å². The molecule has 1 aromatic carbocycles. The van der Waals surface area contributed by atoms with Crippen LogP contribution in [0.2, 0.25) is 0 Å². The van der Waals surface area contributed by atoms with Crippen molar-refractivity contribution in [2.24, 2.45) is 0 Å². The van der Waals surface area contributed by atoms with Gasteiger partial charge in [0.1, 0.15) is 11.5 Å². The fourth-order valence-electron chi connectivity index (χ4n) is 3.73. The van der Waals surface area contributed by atoms with Gasteiger partial charge in [0.15, 0.2) is 0 Å². The summed E-state index contributed by atoms with van der Waals surface area (Å²) in [6.07, 6.45) is 4.02. The molecule has 30 heavy (non-hydrogen) atoms. The van der Waals surface area contributed by atoms with Gasteiger partial charge in [0.05, 0.1) is 11.8 Å². The van der Waals surface area contributed by atoms with Crippen molar-refractivity contribution < 1.29 is 19.1 Å².